The fourth-order valence-corrected chi connectivity index (χ4v) is 3.19. The van der Waals surface area contributed by atoms with Gasteiger partial charge in [0.2, 0.25) is 0 Å². The molecule has 1 heterocycles. The van der Waals surface area contributed by atoms with Crippen LogP contribution in [-0.2, 0) is 6.42 Å². The topological polar surface area (TPSA) is 29.3 Å². The van der Waals surface area contributed by atoms with Crippen LogP contribution in [0.3, 0.4) is 0 Å². The first-order valence-electron chi connectivity index (χ1n) is 6.69. The van der Waals surface area contributed by atoms with Gasteiger partial charge in [-0.25, -0.2) is 0 Å². The van der Waals surface area contributed by atoms with Crippen LogP contribution in [0.15, 0.2) is 35.7 Å². The number of aryl methyl sites for hydroxylation is 1. The number of hydrogen-bond acceptors (Lipinski definition) is 3. The standard InChI is InChI=1S/C16H22N2S/c1-12-11-14(8-9-17)6-7-15(12)18(3)13(2)16-5-4-10-19-16/h4-7,10-11,13H,8-9,17H2,1-3H3. The third kappa shape index (κ3) is 3.17. The first-order valence-corrected chi connectivity index (χ1v) is 7.57. The molecule has 3 heteroatoms. The van der Waals surface area contributed by atoms with E-state index < -0.39 is 0 Å². The van der Waals surface area contributed by atoms with Gasteiger partial charge < -0.3 is 10.6 Å². The molecule has 0 aliphatic carbocycles. The smallest absolute Gasteiger partial charge is 0.0603 e. The number of hydrogen-bond donors (Lipinski definition) is 1. The molecule has 0 saturated carbocycles. The summed E-state index contributed by atoms with van der Waals surface area (Å²) in [6, 6.07) is 11.4. The summed E-state index contributed by atoms with van der Waals surface area (Å²) in [7, 11) is 2.16. The summed E-state index contributed by atoms with van der Waals surface area (Å²) in [5.74, 6) is 0. The zero-order valence-corrected chi connectivity index (χ0v) is 12.7. The summed E-state index contributed by atoms with van der Waals surface area (Å²) < 4.78 is 0. The molecule has 0 radical (unpaired) electrons. The number of nitrogens with zero attached hydrogens (tertiary/aromatic N) is 1. The predicted molar refractivity (Wildman–Crippen MR) is 85.1 cm³/mol. The number of nitrogens with two attached hydrogens (primary N) is 1. The lowest BCUT2D eigenvalue weighted by Crippen LogP contribution is -2.21. The van der Waals surface area contributed by atoms with Gasteiger partial charge in [-0.2, -0.15) is 0 Å². The molecule has 1 aromatic carbocycles. The van der Waals surface area contributed by atoms with Crippen molar-refractivity contribution in [1.29, 1.82) is 0 Å². The van der Waals surface area contributed by atoms with Gasteiger partial charge in [-0.15, -0.1) is 11.3 Å². The second-order valence-corrected chi connectivity index (χ2v) is 5.94. The molecular weight excluding hydrogens is 252 g/mol. The van der Waals surface area contributed by atoms with Gasteiger partial charge in [-0.3, -0.25) is 0 Å². The Morgan fingerprint density at radius 3 is 2.68 bits per heavy atom. The minimum atomic E-state index is 0.402. The summed E-state index contributed by atoms with van der Waals surface area (Å²) in [5.41, 5.74) is 9.54. The maximum absolute atomic E-state index is 5.61. The van der Waals surface area contributed by atoms with Crippen LogP contribution in [0.25, 0.3) is 0 Å². The second kappa shape index (κ2) is 6.22. The Kier molecular flexibility index (Phi) is 4.61. The van der Waals surface area contributed by atoms with Crippen LogP contribution in [0, 0.1) is 6.92 Å². The summed E-state index contributed by atoms with van der Waals surface area (Å²) in [5, 5.41) is 2.14. The molecule has 2 rings (SSSR count). The van der Waals surface area contributed by atoms with Gasteiger partial charge in [0.15, 0.2) is 0 Å². The van der Waals surface area contributed by atoms with Gasteiger partial charge in [0, 0.05) is 17.6 Å². The van der Waals surface area contributed by atoms with Crippen LogP contribution in [0.5, 0.6) is 0 Å². The minimum Gasteiger partial charge on any atom is -0.367 e. The number of rotatable bonds is 5. The Morgan fingerprint density at radius 1 is 1.32 bits per heavy atom. The molecule has 2 aromatic rings. The SMILES string of the molecule is Cc1cc(CCN)ccc1N(C)C(C)c1cccs1. The van der Waals surface area contributed by atoms with E-state index >= 15 is 0 Å². The van der Waals surface area contributed by atoms with Crippen molar-refractivity contribution in [3.05, 3.63) is 51.7 Å². The highest BCUT2D eigenvalue weighted by Crippen LogP contribution is 2.30. The molecule has 0 saturated heterocycles. The molecule has 2 nitrogen and oxygen atoms in total. The van der Waals surface area contributed by atoms with Gasteiger partial charge in [0.25, 0.3) is 0 Å². The van der Waals surface area contributed by atoms with Gasteiger partial charge in [0.05, 0.1) is 6.04 Å². The Bertz CT molecular complexity index is 520. The van der Waals surface area contributed by atoms with Crippen molar-refractivity contribution in [3.8, 4) is 0 Å². The third-order valence-corrected chi connectivity index (χ3v) is 4.65. The Hall–Kier alpha value is -1.32. The van der Waals surface area contributed by atoms with Gasteiger partial charge >= 0.3 is 0 Å². The predicted octanol–water partition coefficient (Wildman–Crippen LogP) is 3.76. The lowest BCUT2D eigenvalue weighted by atomic mass is 10.1. The molecule has 102 valence electrons. The van der Waals surface area contributed by atoms with E-state index in [1.807, 2.05) is 11.3 Å². The zero-order valence-electron chi connectivity index (χ0n) is 11.9. The molecule has 1 atom stereocenters. The van der Waals surface area contributed by atoms with Crippen molar-refractivity contribution >= 4 is 17.0 Å². The van der Waals surface area contributed by atoms with Crippen LogP contribution >= 0.6 is 11.3 Å². The van der Waals surface area contributed by atoms with Crippen molar-refractivity contribution in [2.75, 3.05) is 18.5 Å². The molecular formula is C16H22N2S. The fraction of sp³-hybridized carbons (Fsp3) is 0.375. The Labute approximate surface area is 119 Å². The van der Waals surface area contributed by atoms with Crippen LogP contribution in [0.4, 0.5) is 5.69 Å². The number of thiophene rings is 1. The van der Waals surface area contributed by atoms with Crippen molar-refractivity contribution in [3.63, 3.8) is 0 Å². The molecule has 19 heavy (non-hydrogen) atoms. The van der Waals surface area contributed by atoms with Crippen LogP contribution in [0.1, 0.15) is 29.0 Å². The molecule has 0 aliphatic heterocycles. The molecule has 2 N–H and O–H groups in total. The first-order chi connectivity index (χ1) is 9.13. The summed E-state index contributed by atoms with van der Waals surface area (Å²) >= 11 is 1.81. The second-order valence-electron chi connectivity index (χ2n) is 4.96. The van der Waals surface area contributed by atoms with Crippen LogP contribution < -0.4 is 10.6 Å². The lowest BCUT2D eigenvalue weighted by Gasteiger charge is -2.28. The Morgan fingerprint density at radius 2 is 2.11 bits per heavy atom. The molecule has 0 amide bonds. The average molecular weight is 274 g/mol. The summed E-state index contributed by atoms with van der Waals surface area (Å²) in [4.78, 5) is 3.74. The van der Waals surface area contributed by atoms with E-state index in [0.717, 1.165) is 6.42 Å². The molecule has 0 aliphatic rings. The molecule has 1 aromatic heterocycles. The molecule has 1 unspecified atom stereocenters. The number of benzene rings is 1. The zero-order chi connectivity index (χ0) is 13.8. The van der Waals surface area contributed by atoms with Gasteiger partial charge in [-0.05, 0) is 55.5 Å². The van der Waals surface area contributed by atoms with Crippen molar-refractivity contribution < 1.29 is 0 Å². The maximum Gasteiger partial charge on any atom is 0.0603 e. The van der Waals surface area contributed by atoms with Crippen LogP contribution in [-0.4, -0.2) is 13.6 Å². The molecule has 0 fully saturated rings. The third-order valence-electron chi connectivity index (χ3n) is 3.61. The van der Waals surface area contributed by atoms with Crippen molar-refractivity contribution in [2.45, 2.75) is 26.3 Å². The number of anilines is 1. The van der Waals surface area contributed by atoms with Crippen LogP contribution in [0.2, 0.25) is 0 Å². The first kappa shape index (κ1) is 14.1. The van der Waals surface area contributed by atoms with Crippen molar-refractivity contribution in [2.24, 2.45) is 5.73 Å². The maximum atomic E-state index is 5.61. The normalized spacial score (nSPS) is 12.4. The van der Waals surface area contributed by atoms with E-state index in [1.54, 1.807) is 0 Å². The van der Waals surface area contributed by atoms with E-state index in [4.69, 9.17) is 5.73 Å². The van der Waals surface area contributed by atoms with E-state index in [-0.39, 0.29) is 0 Å². The van der Waals surface area contributed by atoms with E-state index in [1.165, 1.54) is 21.7 Å². The highest BCUT2D eigenvalue weighted by Gasteiger charge is 2.14. The van der Waals surface area contributed by atoms with E-state index in [9.17, 15) is 0 Å². The fourth-order valence-electron chi connectivity index (χ4n) is 2.36. The van der Waals surface area contributed by atoms with Gasteiger partial charge in [-0.1, -0.05) is 18.2 Å². The average Bonchev–Trinajstić information content (AvgIpc) is 2.91. The molecule has 0 bridgehead atoms. The summed E-state index contributed by atoms with van der Waals surface area (Å²) in [6.45, 7) is 5.13. The van der Waals surface area contributed by atoms with Gasteiger partial charge in [0.1, 0.15) is 0 Å². The monoisotopic (exact) mass is 274 g/mol. The summed E-state index contributed by atoms with van der Waals surface area (Å²) in [6.07, 6.45) is 0.950. The minimum absolute atomic E-state index is 0.402. The highest BCUT2D eigenvalue weighted by molar-refractivity contribution is 7.10. The largest absolute Gasteiger partial charge is 0.367 e. The van der Waals surface area contributed by atoms with E-state index in [0.29, 0.717) is 12.6 Å². The molecule has 0 spiro atoms. The quantitative estimate of drug-likeness (QED) is 0.899. The highest BCUT2D eigenvalue weighted by atomic mass is 32.1. The van der Waals surface area contributed by atoms with Crippen molar-refractivity contribution in [1.82, 2.24) is 0 Å². The Balaban J connectivity index is 2.21. The lowest BCUT2D eigenvalue weighted by molar-refractivity contribution is 0.751. The van der Waals surface area contributed by atoms with E-state index in [2.05, 4.69) is 61.5 Å².